The number of benzene rings is 2. The number of aryl methyl sites for hydroxylation is 1. The van der Waals surface area contributed by atoms with Crippen molar-refractivity contribution in [1.29, 1.82) is 0 Å². The molecule has 1 fully saturated rings. The van der Waals surface area contributed by atoms with Crippen LogP contribution in [0.3, 0.4) is 0 Å². The molecule has 1 N–H and O–H groups in total. The van der Waals surface area contributed by atoms with Gasteiger partial charge in [0.25, 0.3) is 0 Å². The van der Waals surface area contributed by atoms with Crippen molar-refractivity contribution in [3.63, 3.8) is 0 Å². The minimum absolute atomic E-state index is 0.00783. The van der Waals surface area contributed by atoms with Crippen molar-refractivity contribution in [1.82, 2.24) is 20.4 Å². The quantitative estimate of drug-likeness (QED) is 0.658. The molecule has 5 nitrogen and oxygen atoms in total. The van der Waals surface area contributed by atoms with E-state index in [1.54, 1.807) is 0 Å². The van der Waals surface area contributed by atoms with Gasteiger partial charge in [0, 0.05) is 18.7 Å². The number of rotatable bonds is 7. The Balaban J connectivity index is 1.39. The van der Waals surface area contributed by atoms with Crippen LogP contribution in [0.15, 0.2) is 52.9 Å². The van der Waals surface area contributed by atoms with Gasteiger partial charge < -0.3 is 9.73 Å². The van der Waals surface area contributed by atoms with Gasteiger partial charge in [-0.25, -0.2) is 0 Å². The van der Waals surface area contributed by atoms with Gasteiger partial charge in [-0.15, -0.1) is 10.2 Å². The minimum Gasteiger partial charge on any atom is -0.419 e. The summed E-state index contributed by atoms with van der Waals surface area (Å²) in [7, 11) is 0. The predicted molar refractivity (Wildman–Crippen MR) is 111 cm³/mol. The van der Waals surface area contributed by atoms with Crippen LogP contribution in [0.2, 0.25) is 0 Å². The lowest BCUT2D eigenvalue weighted by Gasteiger charge is -2.18. The highest BCUT2D eigenvalue weighted by Gasteiger charge is 2.17. The number of nitrogens with one attached hydrogen (secondary N) is 1. The topological polar surface area (TPSA) is 54.2 Å². The Kier molecular flexibility index (Phi) is 5.84. The van der Waals surface area contributed by atoms with E-state index < -0.39 is 0 Å². The lowest BCUT2D eigenvalue weighted by molar-refractivity contribution is 0.329. The van der Waals surface area contributed by atoms with Gasteiger partial charge in [0.2, 0.25) is 11.8 Å². The van der Waals surface area contributed by atoms with Crippen molar-refractivity contribution < 1.29 is 4.42 Å². The van der Waals surface area contributed by atoms with E-state index >= 15 is 0 Å². The first-order chi connectivity index (χ1) is 13.7. The summed E-state index contributed by atoms with van der Waals surface area (Å²) in [6.45, 7) is 8.37. The van der Waals surface area contributed by atoms with Crippen molar-refractivity contribution in [2.75, 3.05) is 13.1 Å². The molecular formula is C23H28N4O. The Morgan fingerprint density at radius 1 is 1.00 bits per heavy atom. The van der Waals surface area contributed by atoms with Crippen LogP contribution in [0.5, 0.6) is 0 Å². The summed E-state index contributed by atoms with van der Waals surface area (Å²) in [6, 6.07) is 16.8. The normalized spacial score (nSPS) is 15.8. The SMILES string of the molecule is Cc1ccc(-c2nnc(C(C)NCc3ccccc3CN3CCCC3)o2)cc1. The first-order valence-electron chi connectivity index (χ1n) is 10.1. The largest absolute Gasteiger partial charge is 0.419 e. The van der Waals surface area contributed by atoms with Gasteiger partial charge in [-0.05, 0) is 63.0 Å². The Hall–Kier alpha value is -2.50. The number of aromatic nitrogens is 2. The highest BCUT2D eigenvalue weighted by molar-refractivity contribution is 5.52. The second kappa shape index (κ2) is 8.67. The standard InChI is InChI=1S/C23H28N4O/c1-17-9-11-19(12-10-17)23-26-25-22(28-23)18(2)24-15-20-7-3-4-8-21(20)16-27-13-5-6-14-27/h3-4,7-12,18,24H,5-6,13-16H2,1-2H3. The summed E-state index contributed by atoms with van der Waals surface area (Å²) in [5.74, 6) is 1.19. The zero-order valence-electron chi connectivity index (χ0n) is 16.7. The molecule has 5 heteroatoms. The molecule has 1 aromatic heterocycles. The molecule has 0 bridgehead atoms. The van der Waals surface area contributed by atoms with Crippen LogP contribution in [0.4, 0.5) is 0 Å². The van der Waals surface area contributed by atoms with E-state index in [2.05, 4.69) is 70.7 Å². The monoisotopic (exact) mass is 376 g/mol. The highest BCUT2D eigenvalue weighted by atomic mass is 16.4. The minimum atomic E-state index is -0.00783. The van der Waals surface area contributed by atoms with E-state index in [-0.39, 0.29) is 6.04 Å². The molecule has 1 aliphatic heterocycles. The number of likely N-dealkylation sites (tertiary alicyclic amines) is 1. The number of hydrogen-bond acceptors (Lipinski definition) is 5. The fourth-order valence-electron chi connectivity index (χ4n) is 3.64. The third-order valence-corrected chi connectivity index (χ3v) is 5.42. The van der Waals surface area contributed by atoms with Gasteiger partial charge in [-0.3, -0.25) is 4.90 Å². The van der Waals surface area contributed by atoms with Gasteiger partial charge in [0.15, 0.2) is 0 Å². The molecule has 1 saturated heterocycles. The Bertz CT molecular complexity index is 897. The average Bonchev–Trinajstić information content (AvgIpc) is 3.40. The Morgan fingerprint density at radius 2 is 1.71 bits per heavy atom. The molecule has 2 aromatic carbocycles. The second-order valence-corrected chi connectivity index (χ2v) is 7.67. The van der Waals surface area contributed by atoms with Crippen molar-refractivity contribution in [2.45, 2.75) is 45.8 Å². The van der Waals surface area contributed by atoms with Crippen LogP contribution in [0.25, 0.3) is 11.5 Å². The van der Waals surface area contributed by atoms with E-state index in [9.17, 15) is 0 Å². The lowest BCUT2D eigenvalue weighted by atomic mass is 10.1. The predicted octanol–water partition coefficient (Wildman–Crippen LogP) is 4.49. The van der Waals surface area contributed by atoms with Crippen molar-refractivity contribution in [3.8, 4) is 11.5 Å². The number of nitrogens with zero attached hydrogens (tertiary/aromatic N) is 3. The summed E-state index contributed by atoms with van der Waals surface area (Å²) >= 11 is 0. The van der Waals surface area contributed by atoms with E-state index in [0.29, 0.717) is 11.8 Å². The Morgan fingerprint density at radius 3 is 2.46 bits per heavy atom. The molecule has 1 atom stereocenters. The van der Waals surface area contributed by atoms with E-state index in [1.165, 1.54) is 42.6 Å². The average molecular weight is 377 g/mol. The summed E-state index contributed by atoms with van der Waals surface area (Å²) in [4.78, 5) is 2.54. The summed E-state index contributed by atoms with van der Waals surface area (Å²) in [5, 5.41) is 12.0. The van der Waals surface area contributed by atoms with Gasteiger partial charge in [-0.2, -0.15) is 0 Å². The fourth-order valence-corrected chi connectivity index (χ4v) is 3.64. The first-order valence-corrected chi connectivity index (χ1v) is 10.1. The molecule has 4 rings (SSSR count). The van der Waals surface area contributed by atoms with Crippen LogP contribution >= 0.6 is 0 Å². The van der Waals surface area contributed by atoms with E-state index in [1.807, 2.05) is 12.1 Å². The maximum Gasteiger partial charge on any atom is 0.247 e. The Labute approximate surface area is 166 Å². The van der Waals surface area contributed by atoms with E-state index in [0.717, 1.165) is 18.7 Å². The molecule has 3 aromatic rings. The maximum absolute atomic E-state index is 5.90. The molecule has 1 unspecified atom stereocenters. The lowest BCUT2D eigenvalue weighted by Crippen LogP contribution is -2.22. The molecule has 0 saturated carbocycles. The molecular weight excluding hydrogens is 348 g/mol. The van der Waals surface area contributed by atoms with Crippen molar-refractivity contribution >= 4 is 0 Å². The third-order valence-electron chi connectivity index (χ3n) is 5.42. The smallest absolute Gasteiger partial charge is 0.247 e. The molecule has 0 aliphatic carbocycles. The van der Waals surface area contributed by atoms with Crippen LogP contribution < -0.4 is 5.32 Å². The third kappa shape index (κ3) is 4.49. The van der Waals surface area contributed by atoms with Crippen molar-refractivity contribution in [2.24, 2.45) is 0 Å². The van der Waals surface area contributed by atoms with E-state index in [4.69, 9.17) is 4.42 Å². The van der Waals surface area contributed by atoms with Gasteiger partial charge in [0.1, 0.15) is 0 Å². The highest BCUT2D eigenvalue weighted by Crippen LogP contribution is 2.22. The zero-order chi connectivity index (χ0) is 19.3. The maximum atomic E-state index is 5.90. The van der Waals surface area contributed by atoms with Crippen LogP contribution in [-0.2, 0) is 13.1 Å². The second-order valence-electron chi connectivity index (χ2n) is 7.67. The molecule has 28 heavy (non-hydrogen) atoms. The first kappa shape index (κ1) is 18.8. The zero-order valence-corrected chi connectivity index (χ0v) is 16.7. The van der Waals surface area contributed by atoms with Crippen LogP contribution in [0, 0.1) is 6.92 Å². The van der Waals surface area contributed by atoms with Gasteiger partial charge in [-0.1, -0.05) is 42.0 Å². The summed E-state index contributed by atoms with van der Waals surface area (Å²) in [6.07, 6.45) is 2.63. The number of hydrogen-bond donors (Lipinski definition) is 1. The van der Waals surface area contributed by atoms with Gasteiger partial charge >= 0.3 is 0 Å². The van der Waals surface area contributed by atoms with Crippen LogP contribution in [0.1, 0.15) is 48.4 Å². The fraction of sp³-hybridized carbons (Fsp3) is 0.391. The molecule has 0 amide bonds. The molecule has 0 radical (unpaired) electrons. The van der Waals surface area contributed by atoms with Crippen LogP contribution in [-0.4, -0.2) is 28.2 Å². The molecule has 1 aliphatic rings. The summed E-state index contributed by atoms with van der Waals surface area (Å²) < 4.78 is 5.90. The molecule has 146 valence electrons. The summed E-state index contributed by atoms with van der Waals surface area (Å²) in [5.41, 5.74) is 4.90. The van der Waals surface area contributed by atoms with Gasteiger partial charge in [0.05, 0.1) is 6.04 Å². The molecule has 0 spiro atoms. The van der Waals surface area contributed by atoms with Crippen molar-refractivity contribution in [3.05, 3.63) is 71.1 Å². The molecule has 2 heterocycles.